The van der Waals surface area contributed by atoms with Crippen LogP contribution in [-0.4, -0.2) is 23.8 Å². The number of benzene rings is 1. The molecule has 0 atom stereocenters. The predicted octanol–water partition coefficient (Wildman–Crippen LogP) is 2.59. The van der Waals surface area contributed by atoms with Gasteiger partial charge >= 0.3 is 0 Å². The number of nitrogen functional groups attached to an aromatic ring is 1. The Morgan fingerprint density at radius 2 is 2.00 bits per heavy atom. The van der Waals surface area contributed by atoms with Crippen molar-refractivity contribution in [2.24, 2.45) is 11.1 Å². The zero-order valence-electron chi connectivity index (χ0n) is 11.4. The zero-order valence-corrected chi connectivity index (χ0v) is 11.4. The number of piperidine rings is 1. The van der Waals surface area contributed by atoms with Gasteiger partial charge in [-0.2, -0.15) is 0 Å². The average molecular weight is 245 g/mol. The molecule has 0 aliphatic carbocycles. The highest BCUT2D eigenvalue weighted by atomic mass is 15.1. The minimum absolute atomic E-state index is 0.150. The lowest BCUT2D eigenvalue weighted by molar-refractivity contribution is 0.127. The Hall–Kier alpha value is -1.35. The summed E-state index contributed by atoms with van der Waals surface area (Å²) in [4.78, 5) is 2.49. The molecule has 98 valence electrons. The SMILES string of the molecule is CC1(C)CCN(Cc2cccc(C(=N)N)c2)CC1. The maximum atomic E-state index is 7.47. The second-order valence-electron chi connectivity index (χ2n) is 6.05. The highest BCUT2D eigenvalue weighted by molar-refractivity contribution is 5.95. The van der Waals surface area contributed by atoms with E-state index < -0.39 is 0 Å². The first-order valence-electron chi connectivity index (χ1n) is 6.62. The van der Waals surface area contributed by atoms with Crippen molar-refractivity contribution in [1.82, 2.24) is 4.90 Å². The van der Waals surface area contributed by atoms with Crippen LogP contribution in [0.1, 0.15) is 37.8 Å². The van der Waals surface area contributed by atoms with Gasteiger partial charge in [-0.1, -0.05) is 32.0 Å². The molecule has 0 unspecified atom stereocenters. The van der Waals surface area contributed by atoms with E-state index >= 15 is 0 Å². The van der Waals surface area contributed by atoms with E-state index in [0.29, 0.717) is 5.41 Å². The van der Waals surface area contributed by atoms with Gasteiger partial charge in [0.2, 0.25) is 0 Å². The molecule has 1 aromatic rings. The molecule has 3 heteroatoms. The number of hydrogen-bond acceptors (Lipinski definition) is 2. The fourth-order valence-electron chi connectivity index (χ4n) is 2.41. The van der Waals surface area contributed by atoms with E-state index in [-0.39, 0.29) is 5.84 Å². The molecular formula is C15H23N3. The summed E-state index contributed by atoms with van der Waals surface area (Å²) >= 11 is 0. The summed E-state index contributed by atoms with van der Waals surface area (Å²) in [6.07, 6.45) is 2.53. The molecule has 1 aromatic carbocycles. The van der Waals surface area contributed by atoms with Gasteiger partial charge in [-0.3, -0.25) is 10.3 Å². The van der Waals surface area contributed by atoms with Gasteiger partial charge < -0.3 is 5.73 Å². The monoisotopic (exact) mass is 245 g/mol. The first-order valence-corrected chi connectivity index (χ1v) is 6.62. The second kappa shape index (κ2) is 5.11. The van der Waals surface area contributed by atoms with Crippen molar-refractivity contribution in [3.05, 3.63) is 35.4 Å². The first-order chi connectivity index (χ1) is 8.46. The smallest absolute Gasteiger partial charge is 0.122 e. The minimum atomic E-state index is 0.150. The van der Waals surface area contributed by atoms with E-state index in [1.807, 2.05) is 18.2 Å². The number of amidine groups is 1. The standard InChI is InChI=1S/C15H23N3/c1-15(2)6-8-18(9-7-15)11-12-4-3-5-13(10-12)14(16)17/h3-5,10H,6-9,11H2,1-2H3,(H3,16,17). The van der Waals surface area contributed by atoms with Crippen LogP contribution in [0.25, 0.3) is 0 Å². The van der Waals surface area contributed by atoms with Crippen molar-refractivity contribution in [1.29, 1.82) is 5.41 Å². The number of rotatable bonds is 3. The lowest BCUT2D eigenvalue weighted by Gasteiger charge is -2.36. The van der Waals surface area contributed by atoms with Gasteiger partial charge in [0.1, 0.15) is 5.84 Å². The van der Waals surface area contributed by atoms with Crippen LogP contribution in [0.15, 0.2) is 24.3 Å². The summed E-state index contributed by atoms with van der Waals surface area (Å²) in [5.41, 5.74) is 8.09. The molecule has 2 rings (SSSR count). The molecule has 3 N–H and O–H groups in total. The van der Waals surface area contributed by atoms with Crippen molar-refractivity contribution in [3.8, 4) is 0 Å². The Labute approximate surface area is 109 Å². The Balaban J connectivity index is 1.98. The number of nitrogens with two attached hydrogens (primary N) is 1. The molecule has 1 fully saturated rings. The third-order valence-corrected chi connectivity index (χ3v) is 3.85. The number of nitrogens with zero attached hydrogens (tertiary/aromatic N) is 1. The molecule has 0 radical (unpaired) electrons. The molecule has 1 aliphatic rings. The van der Waals surface area contributed by atoms with Crippen LogP contribution in [0.2, 0.25) is 0 Å². The number of hydrogen-bond donors (Lipinski definition) is 2. The maximum absolute atomic E-state index is 7.47. The van der Waals surface area contributed by atoms with Crippen LogP contribution < -0.4 is 5.73 Å². The molecule has 1 heterocycles. The molecule has 0 spiro atoms. The Bertz CT molecular complexity index is 427. The Kier molecular flexibility index (Phi) is 3.71. The van der Waals surface area contributed by atoms with Gasteiger partial charge in [0.25, 0.3) is 0 Å². The third kappa shape index (κ3) is 3.33. The van der Waals surface area contributed by atoms with Gasteiger partial charge in [0.05, 0.1) is 0 Å². The molecule has 18 heavy (non-hydrogen) atoms. The van der Waals surface area contributed by atoms with Crippen LogP contribution in [-0.2, 0) is 6.54 Å². The first kappa shape index (κ1) is 13.1. The zero-order chi connectivity index (χ0) is 13.2. The van der Waals surface area contributed by atoms with Gasteiger partial charge in [-0.25, -0.2) is 0 Å². The molecule has 0 amide bonds. The van der Waals surface area contributed by atoms with E-state index in [1.54, 1.807) is 0 Å². The van der Waals surface area contributed by atoms with E-state index in [4.69, 9.17) is 11.1 Å². The Morgan fingerprint density at radius 1 is 1.33 bits per heavy atom. The lowest BCUT2D eigenvalue weighted by Crippen LogP contribution is -2.36. The summed E-state index contributed by atoms with van der Waals surface area (Å²) < 4.78 is 0. The van der Waals surface area contributed by atoms with Crippen LogP contribution in [0.3, 0.4) is 0 Å². The summed E-state index contributed by atoms with van der Waals surface area (Å²) in [6.45, 7) is 7.99. The molecular weight excluding hydrogens is 222 g/mol. The maximum Gasteiger partial charge on any atom is 0.122 e. The highest BCUT2D eigenvalue weighted by Crippen LogP contribution is 2.30. The van der Waals surface area contributed by atoms with E-state index in [0.717, 1.165) is 25.2 Å². The highest BCUT2D eigenvalue weighted by Gasteiger charge is 2.25. The fourth-order valence-corrected chi connectivity index (χ4v) is 2.41. The van der Waals surface area contributed by atoms with Gasteiger partial charge in [0.15, 0.2) is 0 Å². The third-order valence-electron chi connectivity index (χ3n) is 3.85. The number of likely N-dealkylation sites (tertiary alicyclic amines) is 1. The fraction of sp³-hybridized carbons (Fsp3) is 0.533. The molecule has 1 aliphatic heterocycles. The van der Waals surface area contributed by atoms with Crippen LogP contribution in [0.4, 0.5) is 0 Å². The average Bonchev–Trinajstić information content (AvgIpc) is 2.32. The predicted molar refractivity (Wildman–Crippen MR) is 75.8 cm³/mol. The van der Waals surface area contributed by atoms with Crippen molar-refractivity contribution in [2.45, 2.75) is 33.2 Å². The normalized spacial score (nSPS) is 19.7. The van der Waals surface area contributed by atoms with E-state index in [9.17, 15) is 0 Å². The van der Waals surface area contributed by atoms with Crippen molar-refractivity contribution < 1.29 is 0 Å². The Morgan fingerprint density at radius 3 is 2.61 bits per heavy atom. The quantitative estimate of drug-likeness (QED) is 0.635. The van der Waals surface area contributed by atoms with Crippen molar-refractivity contribution in [3.63, 3.8) is 0 Å². The number of nitrogens with one attached hydrogen (secondary N) is 1. The second-order valence-corrected chi connectivity index (χ2v) is 6.05. The molecule has 3 nitrogen and oxygen atoms in total. The topological polar surface area (TPSA) is 53.1 Å². The minimum Gasteiger partial charge on any atom is -0.384 e. The van der Waals surface area contributed by atoms with Gasteiger partial charge in [0, 0.05) is 12.1 Å². The van der Waals surface area contributed by atoms with E-state index in [1.165, 1.54) is 18.4 Å². The van der Waals surface area contributed by atoms with Crippen LogP contribution >= 0.6 is 0 Å². The summed E-state index contributed by atoms with van der Waals surface area (Å²) in [5, 5.41) is 7.47. The lowest BCUT2D eigenvalue weighted by atomic mass is 9.82. The van der Waals surface area contributed by atoms with E-state index in [2.05, 4.69) is 24.8 Å². The molecule has 0 saturated carbocycles. The molecule has 0 aromatic heterocycles. The molecule has 1 saturated heterocycles. The summed E-state index contributed by atoms with van der Waals surface area (Å²) in [6, 6.07) is 8.03. The molecule has 0 bridgehead atoms. The van der Waals surface area contributed by atoms with Gasteiger partial charge in [-0.05, 0) is 43.0 Å². The summed E-state index contributed by atoms with van der Waals surface area (Å²) in [7, 11) is 0. The van der Waals surface area contributed by atoms with Crippen LogP contribution in [0.5, 0.6) is 0 Å². The van der Waals surface area contributed by atoms with Gasteiger partial charge in [-0.15, -0.1) is 0 Å². The van der Waals surface area contributed by atoms with Crippen molar-refractivity contribution in [2.75, 3.05) is 13.1 Å². The van der Waals surface area contributed by atoms with Crippen molar-refractivity contribution >= 4 is 5.84 Å². The summed E-state index contributed by atoms with van der Waals surface area (Å²) in [5.74, 6) is 0.150. The largest absolute Gasteiger partial charge is 0.384 e. The van der Waals surface area contributed by atoms with Crippen LogP contribution in [0, 0.1) is 10.8 Å².